The molecule has 1 fully saturated rings. The Morgan fingerprint density at radius 1 is 1.30 bits per heavy atom. The molecule has 3 amide bonds. The minimum Gasteiger partial charge on any atom is -0.359 e. The molecule has 6 nitrogen and oxygen atoms in total. The fourth-order valence-electron chi connectivity index (χ4n) is 2.76. The molecule has 1 aromatic carbocycles. The predicted molar refractivity (Wildman–Crippen MR) is 83.4 cm³/mol. The van der Waals surface area contributed by atoms with Gasteiger partial charge in [-0.1, -0.05) is 0 Å². The average Bonchev–Trinajstić information content (AvgIpc) is 2.91. The Hall–Kier alpha value is -2.44. The van der Waals surface area contributed by atoms with Gasteiger partial charge in [0.2, 0.25) is 11.8 Å². The van der Waals surface area contributed by atoms with Crippen LogP contribution in [0.25, 0.3) is 0 Å². The maximum absolute atomic E-state index is 14.0. The molecule has 0 aromatic heterocycles. The van der Waals surface area contributed by atoms with Crippen LogP contribution in [-0.2, 0) is 9.59 Å². The van der Waals surface area contributed by atoms with Crippen LogP contribution in [0.2, 0.25) is 0 Å². The Morgan fingerprint density at radius 3 is 2.61 bits per heavy atom. The summed E-state index contributed by atoms with van der Waals surface area (Å²) < 4.78 is 14.0. The zero-order valence-corrected chi connectivity index (χ0v) is 13.4. The lowest BCUT2D eigenvalue weighted by atomic mass is 9.89. The second-order valence-electron chi connectivity index (χ2n) is 5.99. The van der Waals surface area contributed by atoms with E-state index in [0.717, 1.165) is 6.07 Å². The number of likely N-dealkylation sites (tertiary alicyclic amines) is 1. The molecule has 2 N–H and O–H groups in total. The largest absolute Gasteiger partial charge is 0.359 e. The normalized spacial score (nSPS) is 20.3. The molecule has 0 aliphatic carbocycles. The van der Waals surface area contributed by atoms with Crippen LogP contribution < -0.4 is 10.6 Å². The molecular formula is C16H20FN3O3. The fraction of sp³-hybridized carbons (Fsp3) is 0.438. The van der Waals surface area contributed by atoms with Crippen LogP contribution in [0.3, 0.4) is 0 Å². The van der Waals surface area contributed by atoms with E-state index >= 15 is 0 Å². The van der Waals surface area contributed by atoms with Crippen molar-refractivity contribution in [1.82, 2.24) is 10.2 Å². The lowest BCUT2D eigenvalue weighted by molar-refractivity contribution is -0.128. The summed E-state index contributed by atoms with van der Waals surface area (Å²) in [5, 5.41) is 5.11. The second-order valence-corrected chi connectivity index (χ2v) is 5.99. The highest BCUT2D eigenvalue weighted by atomic mass is 19.1. The first-order chi connectivity index (χ1) is 10.8. The van der Waals surface area contributed by atoms with Crippen LogP contribution in [0.1, 0.15) is 30.6 Å². The summed E-state index contributed by atoms with van der Waals surface area (Å²) in [6, 6.07) is 3.85. The van der Waals surface area contributed by atoms with E-state index in [2.05, 4.69) is 10.6 Å². The molecule has 23 heavy (non-hydrogen) atoms. The molecule has 0 bridgehead atoms. The van der Waals surface area contributed by atoms with Crippen molar-refractivity contribution < 1.29 is 18.8 Å². The molecule has 0 radical (unpaired) electrons. The third-order valence-corrected chi connectivity index (χ3v) is 4.05. The van der Waals surface area contributed by atoms with Gasteiger partial charge in [-0.2, -0.15) is 0 Å². The molecule has 1 aliphatic rings. The summed E-state index contributed by atoms with van der Waals surface area (Å²) in [7, 11) is 1.55. The first-order valence-corrected chi connectivity index (χ1v) is 7.35. The Labute approximate surface area is 134 Å². The number of halogens is 1. The maximum atomic E-state index is 14.0. The molecular weight excluding hydrogens is 301 g/mol. The van der Waals surface area contributed by atoms with Gasteiger partial charge in [0, 0.05) is 32.7 Å². The van der Waals surface area contributed by atoms with Gasteiger partial charge in [-0.15, -0.1) is 0 Å². The number of carbonyl (C=O) groups is 3. The maximum Gasteiger partial charge on any atom is 0.256 e. The number of benzene rings is 1. The highest BCUT2D eigenvalue weighted by Gasteiger charge is 2.42. The van der Waals surface area contributed by atoms with Gasteiger partial charge >= 0.3 is 0 Å². The lowest BCUT2D eigenvalue weighted by Crippen LogP contribution is -2.40. The van der Waals surface area contributed by atoms with Crippen molar-refractivity contribution in [2.75, 3.05) is 25.5 Å². The predicted octanol–water partition coefficient (Wildman–Crippen LogP) is 1.38. The summed E-state index contributed by atoms with van der Waals surface area (Å²) >= 11 is 0. The summed E-state index contributed by atoms with van der Waals surface area (Å²) in [5.41, 5.74) is -0.427. The van der Waals surface area contributed by atoms with Gasteiger partial charge in [-0.05, 0) is 31.5 Å². The number of nitrogens with zero attached hydrogens (tertiary/aromatic N) is 1. The second kappa shape index (κ2) is 6.36. The standard InChI is InChI=1S/C16H20FN3O3/c1-10(21)19-11-4-5-13(17)12(8-11)14(22)20-7-6-16(2,9-20)15(23)18-3/h4-5,8H,6-7,9H2,1-3H3,(H,18,23)(H,19,21)/t16-/m0/s1. The van der Waals surface area contributed by atoms with Crippen LogP contribution in [-0.4, -0.2) is 42.8 Å². The van der Waals surface area contributed by atoms with Crippen LogP contribution in [0.5, 0.6) is 0 Å². The van der Waals surface area contributed by atoms with Gasteiger partial charge in [0.15, 0.2) is 0 Å². The zero-order valence-electron chi connectivity index (χ0n) is 13.4. The Morgan fingerprint density at radius 2 is 2.00 bits per heavy atom. The van der Waals surface area contributed by atoms with Gasteiger partial charge < -0.3 is 15.5 Å². The van der Waals surface area contributed by atoms with Gasteiger partial charge in [0.05, 0.1) is 11.0 Å². The number of carbonyl (C=O) groups excluding carboxylic acids is 3. The molecule has 124 valence electrons. The minimum atomic E-state index is -0.671. The first-order valence-electron chi connectivity index (χ1n) is 7.35. The molecule has 0 spiro atoms. The highest BCUT2D eigenvalue weighted by molar-refractivity contribution is 5.98. The molecule has 2 rings (SSSR count). The Balaban J connectivity index is 2.21. The molecule has 1 aliphatic heterocycles. The number of anilines is 1. The van der Waals surface area contributed by atoms with Gasteiger partial charge in [-0.3, -0.25) is 14.4 Å². The number of nitrogens with one attached hydrogen (secondary N) is 2. The van der Waals surface area contributed by atoms with Crippen molar-refractivity contribution in [3.63, 3.8) is 0 Å². The third-order valence-electron chi connectivity index (χ3n) is 4.05. The van der Waals surface area contributed by atoms with E-state index in [4.69, 9.17) is 0 Å². The van der Waals surface area contributed by atoms with Crippen LogP contribution >= 0.6 is 0 Å². The van der Waals surface area contributed by atoms with Gasteiger partial charge in [0.25, 0.3) is 5.91 Å². The molecule has 0 saturated carbocycles. The van der Waals surface area contributed by atoms with E-state index < -0.39 is 17.1 Å². The lowest BCUT2D eigenvalue weighted by Gasteiger charge is -2.23. The van der Waals surface area contributed by atoms with Crippen LogP contribution in [0, 0.1) is 11.2 Å². The molecule has 1 atom stereocenters. The monoisotopic (exact) mass is 321 g/mol. The molecule has 0 unspecified atom stereocenters. The van der Waals surface area contributed by atoms with Crippen molar-refractivity contribution in [3.05, 3.63) is 29.6 Å². The summed E-state index contributed by atoms with van der Waals surface area (Å²) in [6.07, 6.45) is 0.519. The van der Waals surface area contributed by atoms with Gasteiger partial charge in [0.1, 0.15) is 5.82 Å². The molecule has 1 saturated heterocycles. The number of hydrogen-bond donors (Lipinski definition) is 2. The topological polar surface area (TPSA) is 78.5 Å². The quantitative estimate of drug-likeness (QED) is 0.883. The summed E-state index contributed by atoms with van der Waals surface area (Å²) in [6.45, 7) is 3.73. The van der Waals surface area contributed by atoms with E-state index in [1.165, 1.54) is 24.0 Å². The average molecular weight is 321 g/mol. The van der Waals surface area contributed by atoms with Crippen molar-refractivity contribution in [3.8, 4) is 0 Å². The number of amides is 3. The molecule has 1 heterocycles. The Bertz CT molecular complexity index is 662. The fourth-order valence-corrected chi connectivity index (χ4v) is 2.76. The van der Waals surface area contributed by atoms with Crippen molar-refractivity contribution in [1.29, 1.82) is 0 Å². The van der Waals surface area contributed by atoms with Gasteiger partial charge in [-0.25, -0.2) is 4.39 Å². The van der Waals surface area contributed by atoms with E-state index in [-0.39, 0.29) is 23.9 Å². The van der Waals surface area contributed by atoms with E-state index in [9.17, 15) is 18.8 Å². The highest BCUT2D eigenvalue weighted by Crippen LogP contribution is 2.31. The van der Waals surface area contributed by atoms with Crippen LogP contribution in [0.4, 0.5) is 10.1 Å². The number of rotatable bonds is 3. The minimum absolute atomic E-state index is 0.114. The summed E-state index contributed by atoms with van der Waals surface area (Å²) in [5.74, 6) is -1.58. The molecule has 1 aromatic rings. The van der Waals surface area contributed by atoms with Crippen LogP contribution in [0.15, 0.2) is 18.2 Å². The van der Waals surface area contributed by atoms with Crippen molar-refractivity contribution in [2.24, 2.45) is 5.41 Å². The van der Waals surface area contributed by atoms with Crippen molar-refractivity contribution >= 4 is 23.4 Å². The summed E-state index contributed by atoms with van der Waals surface area (Å²) in [4.78, 5) is 37.0. The smallest absolute Gasteiger partial charge is 0.256 e. The third kappa shape index (κ3) is 3.49. The first kappa shape index (κ1) is 16.9. The zero-order chi connectivity index (χ0) is 17.2. The molecule has 7 heteroatoms. The number of hydrogen-bond acceptors (Lipinski definition) is 3. The Kier molecular flexibility index (Phi) is 4.68. The van der Waals surface area contributed by atoms with Crippen molar-refractivity contribution in [2.45, 2.75) is 20.3 Å². The van der Waals surface area contributed by atoms with E-state index in [1.54, 1.807) is 14.0 Å². The van der Waals surface area contributed by atoms with E-state index in [1.807, 2.05) is 0 Å². The SMILES string of the molecule is CNC(=O)[C@@]1(C)CCN(C(=O)c2cc(NC(C)=O)ccc2F)C1. The van der Waals surface area contributed by atoms with E-state index in [0.29, 0.717) is 18.7 Å².